The van der Waals surface area contributed by atoms with Crippen LogP contribution in [-0.2, 0) is 11.2 Å². The second-order valence-corrected chi connectivity index (χ2v) is 8.34. The predicted molar refractivity (Wildman–Crippen MR) is 162 cm³/mol. The van der Waals surface area contributed by atoms with Gasteiger partial charge in [-0.3, -0.25) is 0 Å². The van der Waals surface area contributed by atoms with Crippen LogP contribution in [0.15, 0.2) is 91.0 Å². The smallest absolute Gasteiger partial charge is 0.116 e. The Bertz CT molecular complexity index is 913. The standard InChI is InChI=1S/C17H20.C9H12.C4H9N.C2H4O.C2H6/c1-3-9-17(15-11-5-4-6-12-15)16-13-8-7-10-14(16)2;1-3-9-6-4-8(2)5-7-9;1-4(2)3-5;1-2-3;1-2/h4-8,10-13,17H,3,9H2,1-2H3;4-7H,3H2,1-2H3;1,3,5H2,2H3;2H,1H3;1-2H3. The molecule has 2 nitrogen and oxygen atoms in total. The van der Waals surface area contributed by atoms with Crippen molar-refractivity contribution in [1.29, 1.82) is 0 Å². The van der Waals surface area contributed by atoms with Crippen molar-refractivity contribution in [3.63, 3.8) is 0 Å². The first kappa shape index (κ1) is 35.2. The van der Waals surface area contributed by atoms with Crippen LogP contribution in [0.5, 0.6) is 0 Å². The van der Waals surface area contributed by atoms with E-state index < -0.39 is 0 Å². The van der Waals surface area contributed by atoms with Crippen LogP contribution in [0.4, 0.5) is 0 Å². The highest BCUT2D eigenvalue weighted by atomic mass is 16.1. The van der Waals surface area contributed by atoms with E-state index in [-0.39, 0.29) is 0 Å². The summed E-state index contributed by atoms with van der Waals surface area (Å²) in [5.74, 6) is 0.544. The average molecular weight is 490 g/mol. The lowest BCUT2D eigenvalue weighted by molar-refractivity contribution is -0.106. The molecule has 0 aliphatic carbocycles. The van der Waals surface area contributed by atoms with Crippen molar-refractivity contribution in [2.45, 2.75) is 80.6 Å². The molecule has 2 N–H and O–H groups in total. The van der Waals surface area contributed by atoms with Gasteiger partial charge in [0.05, 0.1) is 0 Å². The van der Waals surface area contributed by atoms with Gasteiger partial charge in [0.1, 0.15) is 6.29 Å². The average Bonchev–Trinajstić information content (AvgIpc) is 2.91. The van der Waals surface area contributed by atoms with E-state index in [2.05, 4.69) is 113 Å². The third-order valence-corrected chi connectivity index (χ3v) is 5.22. The summed E-state index contributed by atoms with van der Waals surface area (Å²) in [6.45, 7) is 20.3. The van der Waals surface area contributed by atoms with Gasteiger partial charge in [0.2, 0.25) is 0 Å². The largest absolute Gasteiger partial charge is 0.327 e. The van der Waals surface area contributed by atoms with Crippen molar-refractivity contribution in [3.05, 3.63) is 119 Å². The third kappa shape index (κ3) is 16.6. The van der Waals surface area contributed by atoms with Crippen molar-refractivity contribution >= 4 is 6.29 Å². The van der Waals surface area contributed by atoms with Crippen molar-refractivity contribution in [2.75, 3.05) is 6.54 Å². The number of nitrogens with two attached hydrogens (primary N) is 1. The predicted octanol–water partition coefficient (Wildman–Crippen LogP) is 9.24. The van der Waals surface area contributed by atoms with Gasteiger partial charge in [-0.2, -0.15) is 0 Å². The molecule has 0 saturated heterocycles. The Morgan fingerprint density at radius 2 is 1.36 bits per heavy atom. The molecule has 3 aromatic carbocycles. The molecule has 0 spiro atoms. The van der Waals surface area contributed by atoms with Crippen LogP contribution < -0.4 is 5.73 Å². The molecule has 0 aliphatic heterocycles. The normalized spacial score (nSPS) is 9.81. The van der Waals surface area contributed by atoms with E-state index in [0.717, 1.165) is 18.3 Å². The Balaban J connectivity index is 0. The minimum Gasteiger partial charge on any atom is -0.327 e. The molecule has 3 rings (SSSR count). The molecule has 0 saturated carbocycles. The van der Waals surface area contributed by atoms with Crippen LogP contribution in [0.2, 0.25) is 0 Å². The van der Waals surface area contributed by atoms with Crippen LogP contribution in [0.3, 0.4) is 0 Å². The highest BCUT2D eigenvalue weighted by Crippen LogP contribution is 2.30. The third-order valence-electron chi connectivity index (χ3n) is 5.22. The lowest BCUT2D eigenvalue weighted by Gasteiger charge is -2.19. The maximum Gasteiger partial charge on any atom is 0.116 e. The highest BCUT2D eigenvalue weighted by Gasteiger charge is 2.14. The number of aldehydes is 1. The lowest BCUT2D eigenvalue weighted by Crippen LogP contribution is -2.02. The molecule has 0 aromatic heterocycles. The van der Waals surface area contributed by atoms with Gasteiger partial charge in [0.15, 0.2) is 0 Å². The molecule has 2 heteroatoms. The van der Waals surface area contributed by atoms with Crippen molar-refractivity contribution in [1.82, 2.24) is 0 Å². The van der Waals surface area contributed by atoms with Crippen LogP contribution in [0.1, 0.15) is 88.1 Å². The van der Waals surface area contributed by atoms with Gasteiger partial charge in [-0.05, 0) is 62.8 Å². The monoisotopic (exact) mass is 489 g/mol. The van der Waals surface area contributed by atoms with Crippen molar-refractivity contribution in [2.24, 2.45) is 5.73 Å². The lowest BCUT2D eigenvalue weighted by atomic mass is 9.85. The van der Waals surface area contributed by atoms with Gasteiger partial charge in [0, 0.05) is 12.5 Å². The molecular formula is C34H51NO. The number of carbonyl (C=O) groups is 1. The summed E-state index contributed by atoms with van der Waals surface area (Å²) in [6.07, 6.45) is 4.32. The Labute approximate surface area is 222 Å². The van der Waals surface area contributed by atoms with E-state index in [9.17, 15) is 0 Å². The first-order valence-corrected chi connectivity index (χ1v) is 13.2. The number of hydrogen-bond acceptors (Lipinski definition) is 2. The van der Waals surface area contributed by atoms with E-state index in [1.165, 1.54) is 47.6 Å². The minimum absolute atomic E-state index is 0.544. The van der Waals surface area contributed by atoms with Gasteiger partial charge in [-0.25, -0.2) is 0 Å². The molecule has 0 heterocycles. The van der Waals surface area contributed by atoms with E-state index in [1.807, 2.05) is 20.8 Å². The van der Waals surface area contributed by atoms with Gasteiger partial charge in [-0.15, -0.1) is 0 Å². The van der Waals surface area contributed by atoms with Crippen LogP contribution in [0.25, 0.3) is 0 Å². The number of aryl methyl sites for hydroxylation is 3. The Hall–Kier alpha value is -2.97. The Morgan fingerprint density at radius 3 is 1.78 bits per heavy atom. The molecule has 0 fully saturated rings. The maximum atomic E-state index is 8.81. The highest BCUT2D eigenvalue weighted by molar-refractivity contribution is 5.44. The SMILES string of the molecule is C=C(C)CN.CC.CC=O.CCCC(c1ccccc1)c1ccccc1C.CCc1ccc(C)cc1. The van der Waals surface area contributed by atoms with Crippen LogP contribution >= 0.6 is 0 Å². The molecule has 36 heavy (non-hydrogen) atoms. The second kappa shape index (κ2) is 23.8. The Morgan fingerprint density at radius 1 is 0.889 bits per heavy atom. The zero-order valence-corrected chi connectivity index (χ0v) is 24.2. The molecule has 0 amide bonds. The summed E-state index contributed by atoms with van der Waals surface area (Å²) in [7, 11) is 0. The van der Waals surface area contributed by atoms with E-state index in [1.54, 1.807) is 0 Å². The van der Waals surface area contributed by atoms with E-state index in [4.69, 9.17) is 10.5 Å². The van der Waals surface area contributed by atoms with Crippen LogP contribution in [-0.4, -0.2) is 12.8 Å². The first-order chi connectivity index (χ1) is 17.3. The zero-order valence-electron chi connectivity index (χ0n) is 24.2. The molecule has 1 atom stereocenters. The molecule has 1 unspecified atom stereocenters. The molecule has 0 bridgehead atoms. The maximum absolute atomic E-state index is 8.81. The molecule has 198 valence electrons. The molecular weight excluding hydrogens is 438 g/mol. The van der Waals surface area contributed by atoms with Crippen molar-refractivity contribution in [3.8, 4) is 0 Å². The Kier molecular flexibility index (Phi) is 23.2. The summed E-state index contributed by atoms with van der Waals surface area (Å²) in [5.41, 5.74) is 13.2. The van der Waals surface area contributed by atoms with Crippen molar-refractivity contribution < 1.29 is 4.79 Å². The summed E-state index contributed by atoms with van der Waals surface area (Å²) in [4.78, 5) is 8.81. The summed E-state index contributed by atoms with van der Waals surface area (Å²) < 4.78 is 0. The van der Waals surface area contributed by atoms with Gasteiger partial charge < -0.3 is 10.5 Å². The number of carbonyl (C=O) groups excluding carboxylic acids is 1. The zero-order chi connectivity index (χ0) is 27.8. The fourth-order valence-electron chi connectivity index (χ4n) is 3.28. The summed E-state index contributed by atoms with van der Waals surface area (Å²) in [6, 6.07) is 28.2. The fourth-order valence-corrected chi connectivity index (χ4v) is 3.28. The minimum atomic E-state index is 0.544. The van der Waals surface area contributed by atoms with E-state index in [0.29, 0.717) is 12.5 Å². The number of rotatable bonds is 6. The molecule has 0 radical (unpaired) electrons. The number of benzene rings is 3. The summed E-state index contributed by atoms with van der Waals surface area (Å²) in [5, 5.41) is 0. The second-order valence-electron chi connectivity index (χ2n) is 8.34. The topological polar surface area (TPSA) is 43.1 Å². The van der Waals surface area contributed by atoms with Gasteiger partial charge in [-0.1, -0.05) is 131 Å². The molecule has 0 aliphatic rings. The number of hydrogen-bond donors (Lipinski definition) is 1. The quantitative estimate of drug-likeness (QED) is 0.277. The first-order valence-electron chi connectivity index (χ1n) is 13.2. The van der Waals surface area contributed by atoms with Gasteiger partial charge in [0.25, 0.3) is 0 Å². The summed E-state index contributed by atoms with van der Waals surface area (Å²) >= 11 is 0. The molecule has 3 aromatic rings. The van der Waals surface area contributed by atoms with E-state index >= 15 is 0 Å². The van der Waals surface area contributed by atoms with Gasteiger partial charge >= 0.3 is 0 Å². The van der Waals surface area contributed by atoms with Crippen LogP contribution in [0, 0.1) is 13.8 Å². The fraction of sp³-hybridized carbons (Fsp3) is 0.382.